The van der Waals surface area contributed by atoms with E-state index in [4.69, 9.17) is 10.2 Å². The van der Waals surface area contributed by atoms with Crippen molar-refractivity contribution in [2.45, 2.75) is 6.42 Å². The first kappa shape index (κ1) is 11.0. The lowest BCUT2D eigenvalue weighted by Crippen LogP contribution is -2.02. The molecule has 0 bridgehead atoms. The lowest BCUT2D eigenvalue weighted by Gasteiger charge is -2.00. The highest BCUT2D eigenvalue weighted by Gasteiger charge is 2.06. The molecule has 3 nitrogen and oxygen atoms in total. The Morgan fingerprint density at radius 2 is 1.89 bits per heavy atom. The molecule has 2 aromatic carbocycles. The van der Waals surface area contributed by atoms with Crippen LogP contribution in [0.15, 0.2) is 53.1 Å². The standard InChI is InChI=1S/C15H14N2O/c16-8-7-15-17-10-14(18-15)13-6-5-11-3-1-2-4-12(11)9-13/h1-6,9-10H,7-8,16H2. The molecule has 3 rings (SSSR count). The third-order valence-electron chi connectivity index (χ3n) is 2.95. The van der Waals surface area contributed by atoms with Crippen LogP contribution in [0.25, 0.3) is 22.1 Å². The Kier molecular flexibility index (Phi) is 2.82. The van der Waals surface area contributed by atoms with E-state index in [1.807, 2.05) is 12.1 Å². The van der Waals surface area contributed by atoms with Crippen molar-refractivity contribution in [3.63, 3.8) is 0 Å². The van der Waals surface area contributed by atoms with Crippen LogP contribution in [0, 0.1) is 0 Å². The number of hydrogen-bond donors (Lipinski definition) is 1. The van der Waals surface area contributed by atoms with Crippen molar-refractivity contribution in [2.75, 3.05) is 6.54 Å². The summed E-state index contributed by atoms with van der Waals surface area (Å²) in [4.78, 5) is 4.22. The first-order chi connectivity index (χ1) is 8.86. The minimum atomic E-state index is 0.553. The highest BCUT2D eigenvalue weighted by molar-refractivity contribution is 5.86. The van der Waals surface area contributed by atoms with Gasteiger partial charge in [-0.1, -0.05) is 36.4 Å². The summed E-state index contributed by atoms with van der Waals surface area (Å²) in [6.45, 7) is 0.553. The van der Waals surface area contributed by atoms with Gasteiger partial charge in [-0.3, -0.25) is 0 Å². The van der Waals surface area contributed by atoms with E-state index in [2.05, 4.69) is 35.3 Å². The molecule has 0 atom stereocenters. The third kappa shape index (κ3) is 2.00. The van der Waals surface area contributed by atoms with Crippen LogP contribution in [0.2, 0.25) is 0 Å². The average Bonchev–Trinajstić information content (AvgIpc) is 2.87. The van der Waals surface area contributed by atoms with Gasteiger partial charge in [-0.05, 0) is 16.8 Å². The number of hydrogen-bond acceptors (Lipinski definition) is 3. The second kappa shape index (κ2) is 4.63. The van der Waals surface area contributed by atoms with Gasteiger partial charge in [0, 0.05) is 18.5 Å². The minimum Gasteiger partial charge on any atom is -0.441 e. The van der Waals surface area contributed by atoms with E-state index in [0.29, 0.717) is 18.9 Å². The normalized spacial score (nSPS) is 10.9. The molecule has 0 aliphatic rings. The van der Waals surface area contributed by atoms with Crippen molar-refractivity contribution in [2.24, 2.45) is 5.73 Å². The fourth-order valence-electron chi connectivity index (χ4n) is 2.03. The van der Waals surface area contributed by atoms with Crippen molar-refractivity contribution >= 4 is 10.8 Å². The van der Waals surface area contributed by atoms with Crippen LogP contribution in [0.4, 0.5) is 0 Å². The predicted molar refractivity (Wildman–Crippen MR) is 72.2 cm³/mol. The molecule has 3 heteroatoms. The number of fused-ring (bicyclic) bond motifs is 1. The second-order valence-corrected chi connectivity index (χ2v) is 4.22. The van der Waals surface area contributed by atoms with Crippen molar-refractivity contribution in [1.82, 2.24) is 4.98 Å². The summed E-state index contributed by atoms with van der Waals surface area (Å²) in [7, 11) is 0. The zero-order valence-electron chi connectivity index (χ0n) is 9.97. The number of nitrogens with two attached hydrogens (primary N) is 1. The van der Waals surface area contributed by atoms with Gasteiger partial charge in [-0.2, -0.15) is 0 Å². The Morgan fingerprint density at radius 3 is 2.72 bits per heavy atom. The van der Waals surface area contributed by atoms with Gasteiger partial charge in [0.05, 0.1) is 6.20 Å². The lowest BCUT2D eigenvalue weighted by molar-refractivity contribution is 0.508. The first-order valence-electron chi connectivity index (χ1n) is 6.01. The fourth-order valence-corrected chi connectivity index (χ4v) is 2.03. The van der Waals surface area contributed by atoms with Crippen LogP contribution in [0.1, 0.15) is 5.89 Å². The quantitative estimate of drug-likeness (QED) is 0.763. The molecule has 3 aromatic rings. The summed E-state index contributed by atoms with van der Waals surface area (Å²) in [6.07, 6.45) is 2.43. The van der Waals surface area contributed by atoms with Gasteiger partial charge in [-0.25, -0.2) is 4.98 Å². The van der Waals surface area contributed by atoms with Gasteiger partial charge < -0.3 is 10.2 Å². The predicted octanol–water partition coefficient (Wildman–Crippen LogP) is 3.00. The van der Waals surface area contributed by atoms with Crippen LogP contribution in [-0.4, -0.2) is 11.5 Å². The number of benzene rings is 2. The summed E-state index contributed by atoms with van der Waals surface area (Å²) in [5.74, 6) is 1.49. The van der Waals surface area contributed by atoms with Crippen molar-refractivity contribution in [3.8, 4) is 11.3 Å². The largest absolute Gasteiger partial charge is 0.441 e. The Bertz CT molecular complexity index is 673. The average molecular weight is 238 g/mol. The summed E-state index contributed by atoms with van der Waals surface area (Å²) in [5.41, 5.74) is 6.53. The summed E-state index contributed by atoms with van der Waals surface area (Å²) in [5, 5.41) is 2.43. The maximum absolute atomic E-state index is 5.67. The molecule has 2 N–H and O–H groups in total. The van der Waals surface area contributed by atoms with E-state index in [1.54, 1.807) is 6.20 Å². The van der Waals surface area contributed by atoms with Gasteiger partial charge in [0.2, 0.25) is 0 Å². The Balaban J connectivity index is 2.02. The Hall–Kier alpha value is -2.13. The van der Waals surface area contributed by atoms with E-state index in [0.717, 1.165) is 11.3 Å². The minimum absolute atomic E-state index is 0.553. The molecule has 90 valence electrons. The van der Waals surface area contributed by atoms with Gasteiger partial charge in [0.25, 0.3) is 0 Å². The third-order valence-corrected chi connectivity index (χ3v) is 2.95. The smallest absolute Gasteiger partial charge is 0.196 e. The molecule has 0 saturated heterocycles. The maximum atomic E-state index is 5.67. The molecule has 0 amide bonds. The molecule has 1 aromatic heterocycles. The van der Waals surface area contributed by atoms with Crippen molar-refractivity contribution in [3.05, 3.63) is 54.6 Å². The monoisotopic (exact) mass is 238 g/mol. The molecule has 0 radical (unpaired) electrons. The van der Waals surface area contributed by atoms with E-state index < -0.39 is 0 Å². The lowest BCUT2D eigenvalue weighted by atomic mass is 10.1. The molecule has 0 aliphatic carbocycles. The van der Waals surface area contributed by atoms with Crippen molar-refractivity contribution < 1.29 is 4.42 Å². The van der Waals surface area contributed by atoms with Crippen LogP contribution >= 0.6 is 0 Å². The summed E-state index contributed by atoms with van der Waals surface area (Å²) >= 11 is 0. The number of oxazole rings is 1. The van der Waals surface area contributed by atoms with Gasteiger partial charge >= 0.3 is 0 Å². The molecular weight excluding hydrogens is 224 g/mol. The van der Waals surface area contributed by atoms with Gasteiger partial charge in [-0.15, -0.1) is 0 Å². The van der Waals surface area contributed by atoms with E-state index in [9.17, 15) is 0 Å². The van der Waals surface area contributed by atoms with E-state index >= 15 is 0 Å². The highest BCUT2D eigenvalue weighted by atomic mass is 16.4. The zero-order valence-corrected chi connectivity index (χ0v) is 9.97. The van der Waals surface area contributed by atoms with Crippen LogP contribution in [0.5, 0.6) is 0 Å². The van der Waals surface area contributed by atoms with Gasteiger partial charge in [0.15, 0.2) is 11.7 Å². The number of nitrogens with zero attached hydrogens (tertiary/aromatic N) is 1. The molecule has 0 aliphatic heterocycles. The maximum Gasteiger partial charge on any atom is 0.196 e. The first-order valence-corrected chi connectivity index (χ1v) is 6.01. The van der Waals surface area contributed by atoms with Crippen LogP contribution < -0.4 is 5.73 Å². The van der Waals surface area contributed by atoms with Crippen LogP contribution in [0.3, 0.4) is 0 Å². The molecule has 0 unspecified atom stereocenters. The summed E-state index contributed by atoms with van der Waals surface area (Å²) < 4.78 is 5.67. The zero-order chi connectivity index (χ0) is 12.4. The van der Waals surface area contributed by atoms with E-state index in [-0.39, 0.29) is 0 Å². The molecule has 0 saturated carbocycles. The van der Waals surface area contributed by atoms with E-state index in [1.165, 1.54) is 10.8 Å². The fraction of sp³-hybridized carbons (Fsp3) is 0.133. The Labute approximate surface area is 105 Å². The highest BCUT2D eigenvalue weighted by Crippen LogP contribution is 2.25. The number of rotatable bonds is 3. The Morgan fingerprint density at radius 1 is 1.06 bits per heavy atom. The number of aromatic nitrogens is 1. The SMILES string of the molecule is NCCc1ncc(-c2ccc3ccccc3c2)o1. The second-order valence-electron chi connectivity index (χ2n) is 4.22. The van der Waals surface area contributed by atoms with Crippen LogP contribution in [-0.2, 0) is 6.42 Å². The molecule has 1 heterocycles. The topological polar surface area (TPSA) is 52.0 Å². The molecule has 18 heavy (non-hydrogen) atoms. The van der Waals surface area contributed by atoms with Gasteiger partial charge in [0.1, 0.15) is 0 Å². The summed E-state index contributed by atoms with van der Waals surface area (Å²) in [6, 6.07) is 14.5. The molecule has 0 spiro atoms. The van der Waals surface area contributed by atoms with Crippen molar-refractivity contribution in [1.29, 1.82) is 0 Å². The molecule has 0 fully saturated rings. The molecular formula is C15H14N2O.